The molecule has 0 radical (unpaired) electrons. The zero-order valence-electron chi connectivity index (χ0n) is 18.0. The number of hydrogen-bond acceptors (Lipinski definition) is 1. The molecule has 0 aliphatic rings. The van der Waals surface area contributed by atoms with Crippen molar-refractivity contribution in [2.75, 3.05) is 0 Å². The molecule has 0 spiro atoms. The molecule has 0 fully saturated rings. The Balaban J connectivity index is 4.64. The molecule has 1 atom stereocenters. The third-order valence-electron chi connectivity index (χ3n) is 5.95. The Morgan fingerprint density at radius 2 is 1.20 bits per heavy atom. The van der Waals surface area contributed by atoms with Gasteiger partial charge in [-0.1, -0.05) is 0 Å². The fourth-order valence-corrected chi connectivity index (χ4v) is 19.9. The van der Waals surface area contributed by atoms with E-state index in [1.165, 1.54) is 77.5 Å². The number of aliphatic hydroxyl groups excluding tert-OH is 1. The number of allylic oxidation sites excluding steroid dienone is 1. The summed E-state index contributed by atoms with van der Waals surface area (Å²) < 4.78 is 6.18. The molecule has 0 rings (SSSR count). The predicted molar refractivity (Wildman–Crippen MR) is 118 cm³/mol. The summed E-state index contributed by atoms with van der Waals surface area (Å²) in [4.78, 5) is 0. The van der Waals surface area contributed by atoms with E-state index in [0.29, 0.717) is 0 Å². The number of rotatable bonds is 18. The molecule has 0 saturated heterocycles. The van der Waals surface area contributed by atoms with Gasteiger partial charge in [-0.05, 0) is 0 Å². The summed E-state index contributed by atoms with van der Waals surface area (Å²) in [5, 5.41) is 10.4. The number of aliphatic hydroxyl groups is 1. The van der Waals surface area contributed by atoms with Crippen molar-refractivity contribution in [1.82, 2.24) is 0 Å². The molecule has 0 saturated carbocycles. The summed E-state index contributed by atoms with van der Waals surface area (Å²) in [6.45, 7) is 13.9. The Hall–Kier alpha value is 0.499. The van der Waals surface area contributed by atoms with Crippen LogP contribution in [0.15, 0.2) is 10.2 Å². The summed E-state index contributed by atoms with van der Waals surface area (Å²) in [6.07, 6.45) is 16.2. The first kappa shape index (κ1) is 25.5. The van der Waals surface area contributed by atoms with Crippen LogP contribution in [0.3, 0.4) is 0 Å². The molecule has 0 heterocycles. The maximum absolute atomic E-state index is 10.4. The van der Waals surface area contributed by atoms with E-state index < -0.39 is 18.4 Å². The SMILES string of the molecule is C=[C](CCC(O)CCCCCC)[Sn]([CH2]CCC)([CH2]CCC)[CH2]CCC. The summed E-state index contributed by atoms with van der Waals surface area (Å²) in [5.41, 5.74) is 0. The summed E-state index contributed by atoms with van der Waals surface area (Å²) >= 11 is -2.26. The first-order chi connectivity index (χ1) is 12.1. The van der Waals surface area contributed by atoms with Gasteiger partial charge in [-0.3, -0.25) is 0 Å². The van der Waals surface area contributed by atoms with Crippen LogP contribution in [-0.2, 0) is 0 Å². The fourth-order valence-electron chi connectivity index (χ4n) is 4.01. The van der Waals surface area contributed by atoms with Gasteiger partial charge in [0, 0.05) is 0 Å². The van der Waals surface area contributed by atoms with Crippen molar-refractivity contribution >= 4 is 18.4 Å². The van der Waals surface area contributed by atoms with Gasteiger partial charge in [0.1, 0.15) is 0 Å². The molecule has 25 heavy (non-hydrogen) atoms. The van der Waals surface area contributed by atoms with Gasteiger partial charge in [0.05, 0.1) is 0 Å². The molecule has 0 aromatic rings. The predicted octanol–water partition coefficient (Wildman–Crippen LogP) is 8.04. The van der Waals surface area contributed by atoms with E-state index in [1.807, 2.05) is 0 Å². The monoisotopic (exact) mass is 460 g/mol. The van der Waals surface area contributed by atoms with Gasteiger partial charge in [-0.2, -0.15) is 0 Å². The molecule has 1 nitrogen and oxygen atoms in total. The first-order valence-corrected chi connectivity index (χ1v) is 18.9. The van der Waals surface area contributed by atoms with Crippen LogP contribution in [0.5, 0.6) is 0 Å². The van der Waals surface area contributed by atoms with E-state index in [-0.39, 0.29) is 6.10 Å². The zero-order valence-corrected chi connectivity index (χ0v) is 20.9. The normalized spacial score (nSPS) is 13.2. The zero-order chi connectivity index (χ0) is 19.0. The van der Waals surface area contributed by atoms with Gasteiger partial charge < -0.3 is 0 Å². The van der Waals surface area contributed by atoms with E-state index in [1.54, 1.807) is 3.59 Å². The van der Waals surface area contributed by atoms with Crippen LogP contribution in [0, 0.1) is 0 Å². The first-order valence-electron chi connectivity index (χ1n) is 11.4. The van der Waals surface area contributed by atoms with Crippen molar-refractivity contribution in [3.63, 3.8) is 0 Å². The molecule has 0 aliphatic carbocycles. The molecule has 0 aromatic carbocycles. The Labute approximate surface area is 163 Å². The molecule has 0 amide bonds. The standard InChI is InChI=1S/C11H21O.3C4H9.Sn/c1-3-5-7-8-10-11(12)9-6-4-2;3*1-3-4-2;/h11-12H,2-3,5-10H2,1H3;3*1,3-4H2,2H3;. The summed E-state index contributed by atoms with van der Waals surface area (Å²) in [5.74, 6) is 0. The number of unbranched alkanes of at least 4 members (excludes halogenated alkanes) is 6. The van der Waals surface area contributed by atoms with Crippen LogP contribution in [0.4, 0.5) is 0 Å². The quantitative estimate of drug-likeness (QED) is 0.162. The van der Waals surface area contributed by atoms with Gasteiger partial charge >= 0.3 is 164 Å². The second-order valence-corrected chi connectivity index (χ2v) is 21.8. The van der Waals surface area contributed by atoms with Crippen LogP contribution in [0.1, 0.15) is 111 Å². The van der Waals surface area contributed by atoms with Crippen LogP contribution in [0.25, 0.3) is 0 Å². The van der Waals surface area contributed by atoms with Gasteiger partial charge in [-0.15, -0.1) is 0 Å². The minimum absolute atomic E-state index is 0.0962. The van der Waals surface area contributed by atoms with Crippen molar-refractivity contribution in [2.45, 2.75) is 131 Å². The van der Waals surface area contributed by atoms with E-state index in [0.717, 1.165) is 19.3 Å². The fraction of sp³-hybridized carbons (Fsp3) is 0.913. The Morgan fingerprint density at radius 1 is 0.720 bits per heavy atom. The van der Waals surface area contributed by atoms with Crippen LogP contribution < -0.4 is 0 Å². The van der Waals surface area contributed by atoms with Crippen LogP contribution in [0.2, 0.25) is 13.3 Å². The van der Waals surface area contributed by atoms with Crippen molar-refractivity contribution < 1.29 is 5.11 Å². The average molecular weight is 459 g/mol. The third-order valence-corrected chi connectivity index (χ3v) is 22.2. The topological polar surface area (TPSA) is 20.2 Å². The Kier molecular flexibility index (Phi) is 17.0. The van der Waals surface area contributed by atoms with Crippen molar-refractivity contribution in [2.24, 2.45) is 0 Å². The second kappa shape index (κ2) is 16.7. The van der Waals surface area contributed by atoms with Gasteiger partial charge in [0.2, 0.25) is 0 Å². The molecule has 0 bridgehead atoms. The molecule has 0 aromatic heterocycles. The molecule has 1 N–H and O–H groups in total. The number of hydrogen-bond donors (Lipinski definition) is 1. The van der Waals surface area contributed by atoms with E-state index in [4.69, 9.17) is 0 Å². The van der Waals surface area contributed by atoms with Crippen LogP contribution >= 0.6 is 0 Å². The van der Waals surface area contributed by atoms with Gasteiger partial charge in [0.15, 0.2) is 0 Å². The van der Waals surface area contributed by atoms with Crippen molar-refractivity contribution in [3.05, 3.63) is 10.2 Å². The maximum atomic E-state index is 10.4. The molecule has 0 aliphatic heterocycles. The van der Waals surface area contributed by atoms with Gasteiger partial charge in [0.25, 0.3) is 0 Å². The van der Waals surface area contributed by atoms with Crippen molar-refractivity contribution in [3.8, 4) is 0 Å². The molecule has 1 unspecified atom stereocenters. The second-order valence-electron chi connectivity index (χ2n) is 8.24. The molecule has 150 valence electrons. The van der Waals surface area contributed by atoms with Crippen LogP contribution in [-0.4, -0.2) is 29.6 Å². The van der Waals surface area contributed by atoms with E-state index in [2.05, 4.69) is 34.3 Å². The molecular formula is C23H48OSn. The van der Waals surface area contributed by atoms with E-state index >= 15 is 0 Å². The van der Waals surface area contributed by atoms with E-state index in [9.17, 15) is 5.11 Å². The van der Waals surface area contributed by atoms with Crippen molar-refractivity contribution in [1.29, 1.82) is 0 Å². The molecule has 2 heteroatoms. The minimum atomic E-state index is -2.26. The summed E-state index contributed by atoms with van der Waals surface area (Å²) in [7, 11) is 0. The van der Waals surface area contributed by atoms with Gasteiger partial charge in [-0.25, -0.2) is 0 Å². The Morgan fingerprint density at radius 3 is 1.64 bits per heavy atom. The average Bonchev–Trinajstić information content (AvgIpc) is 2.63. The third kappa shape index (κ3) is 11.7. The summed E-state index contributed by atoms with van der Waals surface area (Å²) in [6, 6.07) is 0. The Bertz CT molecular complexity index is 291. The molecular weight excluding hydrogens is 411 g/mol.